The number of hydrogen-bond donors (Lipinski definition) is 1. The molecule has 1 aromatic carbocycles. The third-order valence-corrected chi connectivity index (χ3v) is 7.91. The SMILES string of the molecule is C[C@H](Cn1cnc2c(N)ncnc21)OCP(=O)(CCCOCc1ccsc1)Oc1ccccc1. The molecule has 0 aliphatic carbocycles. The largest absolute Gasteiger partial charge is 0.441 e. The monoisotopic (exact) mass is 501 g/mol. The van der Waals surface area contributed by atoms with Gasteiger partial charge in [0, 0.05) is 12.8 Å². The Hall–Kier alpha value is -2.78. The van der Waals surface area contributed by atoms with Crippen LogP contribution in [0.3, 0.4) is 0 Å². The Morgan fingerprint density at radius 3 is 2.82 bits per heavy atom. The highest BCUT2D eigenvalue weighted by molar-refractivity contribution is 7.59. The number of anilines is 1. The highest BCUT2D eigenvalue weighted by atomic mass is 32.1. The van der Waals surface area contributed by atoms with Crippen LogP contribution in [0.2, 0.25) is 0 Å². The zero-order chi connectivity index (χ0) is 23.8. The van der Waals surface area contributed by atoms with E-state index in [0.29, 0.717) is 55.1 Å². The van der Waals surface area contributed by atoms with Gasteiger partial charge in [0.05, 0.1) is 25.6 Å². The van der Waals surface area contributed by atoms with Gasteiger partial charge in [-0.05, 0) is 47.9 Å². The van der Waals surface area contributed by atoms with Crippen molar-refractivity contribution in [3.05, 3.63) is 65.4 Å². The first kappa shape index (κ1) is 24.3. The van der Waals surface area contributed by atoms with Crippen LogP contribution in [-0.4, -0.2) is 44.7 Å². The second-order valence-corrected chi connectivity index (χ2v) is 11.2. The number of ether oxygens (including phenoxy) is 2. The molecule has 0 radical (unpaired) electrons. The summed E-state index contributed by atoms with van der Waals surface area (Å²) in [4.78, 5) is 12.5. The van der Waals surface area contributed by atoms with E-state index in [1.165, 1.54) is 6.33 Å². The Bertz CT molecular complexity index is 1220. The minimum Gasteiger partial charge on any atom is -0.441 e. The van der Waals surface area contributed by atoms with E-state index in [1.807, 2.05) is 41.1 Å². The predicted octanol–water partition coefficient (Wildman–Crippen LogP) is 4.80. The summed E-state index contributed by atoms with van der Waals surface area (Å²) < 4.78 is 33.2. The number of fused-ring (bicyclic) bond motifs is 1. The van der Waals surface area contributed by atoms with Crippen molar-refractivity contribution in [1.29, 1.82) is 0 Å². The molecule has 9 nitrogen and oxygen atoms in total. The van der Waals surface area contributed by atoms with Crippen molar-refractivity contribution in [1.82, 2.24) is 19.5 Å². The third-order valence-electron chi connectivity index (χ3n) is 5.09. The average Bonchev–Trinajstić information content (AvgIpc) is 3.49. The molecular formula is C23H28N5O4PS. The van der Waals surface area contributed by atoms with Crippen LogP contribution in [0.5, 0.6) is 5.75 Å². The summed E-state index contributed by atoms with van der Waals surface area (Å²) in [5.41, 5.74) is 8.19. The summed E-state index contributed by atoms with van der Waals surface area (Å²) >= 11 is 1.64. The Morgan fingerprint density at radius 1 is 1.18 bits per heavy atom. The van der Waals surface area contributed by atoms with Crippen LogP contribution in [0, 0.1) is 0 Å². The molecule has 3 heterocycles. The summed E-state index contributed by atoms with van der Waals surface area (Å²) in [7, 11) is -3.11. The molecule has 11 heteroatoms. The van der Waals surface area contributed by atoms with Gasteiger partial charge < -0.3 is 24.3 Å². The molecule has 2 atom stereocenters. The van der Waals surface area contributed by atoms with Crippen molar-refractivity contribution in [3.63, 3.8) is 0 Å². The minimum atomic E-state index is -3.11. The lowest BCUT2D eigenvalue weighted by atomic mass is 10.3. The molecule has 0 saturated heterocycles. The lowest BCUT2D eigenvalue weighted by molar-refractivity contribution is 0.0825. The lowest BCUT2D eigenvalue weighted by Crippen LogP contribution is -2.19. The van der Waals surface area contributed by atoms with Crippen molar-refractivity contribution >= 4 is 35.7 Å². The van der Waals surface area contributed by atoms with Gasteiger partial charge in [-0.3, -0.25) is 4.57 Å². The molecule has 0 amide bonds. The average molecular weight is 502 g/mol. The molecule has 0 aliphatic heterocycles. The van der Waals surface area contributed by atoms with Crippen LogP contribution in [0.4, 0.5) is 5.82 Å². The summed E-state index contributed by atoms with van der Waals surface area (Å²) in [6.45, 7) is 3.43. The minimum absolute atomic E-state index is 0.00263. The Kier molecular flexibility index (Phi) is 8.29. The van der Waals surface area contributed by atoms with Crippen molar-refractivity contribution in [3.8, 4) is 5.75 Å². The van der Waals surface area contributed by atoms with E-state index in [2.05, 4.69) is 20.3 Å². The Labute approximate surface area is 202 Å². The molecule has 0 bridgehead atoms. The number of hydrogen-bond acceptors (Lipinski definition) is 9. The number of nitrogen functional groups attached to an aromatic ring is 1. The first-order valence-electron chi connectivity index (χ1n) is 11.0. The number of para-hydroxylation sites is 1. The van der Waals surface area contributed by atoms with Gasteiger partial charge in [-0.25, -0.2) is 15.0 Å². The molecule has 0 spiro atoms. The van der Waals surface area contributed by atoms with Gasteiger partial charge in [0.1, 0.15) is 23.9 Å². The highest BCUT2D eigenvalue weighted by Crippen LogP contribution is 2.48. The maximum absolute atomic E-state index is 13.7. The molecule has 34 heavy (non-hydrogen) atoms. The van der Waals surface area contributed by atoms with Gasteiger partial charge in [0.2, 0.25) is 0 Å². The van der Waals surface area contributed by atoms with E-state index in [4.69, 9.17) is 19.7 Å². The Morgan fingerprint density at radius 2 is 2.03 bits per heavy atom. The molecule has 0 fully saturated rings. The maximum atomic E-state index is 13.7. The van der Waals surface area contributed by atoms with E-state index in [-0.39, 0.29) is 12.5 Å². The van der Waals surface area contributed by atoms with Gasteiger partial charge in [0.25, 0.3) is 7.37 Å². The molecule has 0 aliphatic rings. The van der Waals surface area contributed by atoms with Crippen LogP contribution < -0.4 is 10.3 Å². The fraction of sp³-hybridized carbons (Fsp3) is 0.348. The van der Waals surface area contributed by atoms with E-state index in [0.717, 1.165) is 5.56 Å². The van der Waals surface area contributed by atoms with Crippen molar-refractivity contribution in [2.24, 2.45) is 0 Å². The highest BCUT2D eigenvalue weighted by Gasteiger charge is 2.26. The summed E-state index contributed by atoms with van der Waals surface area (Å²) in [6.07, 6.45) is 3.77. The van der Waals surface area contributed by atoms with Crippen LogP contribution in [0.25, 0.3) is 11.2 Å². The summed E-state index contributed by atoms with van der Waals surface area (Å²) in [5, 5.41) is 4.08. The van der Waals surface area contributed by atoms with Gasteiger partial charge >= 0.3 is 0 Å². The normalized spacial score (nSPS) is 14.1. The molecule has 2 N–H and O–H groups in total. The topological polar surface area (TPSA) is 114 Å². The molecule has 1 unspecified atom stereocenters. The zero-order valence-electron chi connectivity index (χ0n) is 18.9. The van der Waals surface area contributed by atoms with E-state index in [1.54, 1.807) is 29.8 Å². The molecule has 4 aromatic rings. The van der Waals surface area contributed by atoms with Crippen LogP contribution in [0.1, 0.15) is 18.9 Å². The lowest BCUT2D eigenvalue weighted by Gasteiger charge is -2.22. The van der Waals surface area contributed by atoms with Gasteiger partial charge in [-0.15, -0.1) is 0 Å². The predicted molar refractivity (Wildman–Crippen MR) is 133 cm³/mol. The number of benzene rings is 1. The van der Waals surface area contributed by atoms with Crippen molar-refractivity contribution < 1.29 is 18.6 Å². The van der Waals surface area contributed by atoms with Crippen LogP contribution >= 0.6 is 18.7 Å². The summed E-state index contributed by atoms with van der Waals surface area (Å²) in [6, 6.07) is 11.2. The second kappa shape index (κ2) is 11.6. The molecule has 180 valence electrons. The van der Waals surface area contributed by atoms with E-state index in [9.17, 15) is 4.57 Å². The van der Waals surface area contributed by atoms with E-state index >= 15 is 0 Å². The molecule has 4 rings (SSSR count). The standard InChI is InChI=1S/C23H28N5O4PS/c1-18(12-28-16-27-21-22(24)25-15-26-23(21)28)31-17-33(29,32-20-6-3-2-4-7-20)10-5-9-30-13-19-8-11-34-14-19/h2-4,6-8,11,14-16,18H,5,9-10,12-13,17H2,1H3,(H2,24,25,26)/t18-,33?/m1/s1. The first-order valence-corrected chi connectivity index (χ1v) is 13.9. The van der Waals surface area contributed by atoms with Crippen LogP contribution in [0.15, 0.2) is 59.8 Å². The quantitative estimate of drug-likeness (QED) is 0.205. The number of nitrogens with zero attached hydrogens (tertiary/aromatic N) is 4. The van der Waals surface area contributed by atoms with Crippen molar-refractivity contribution in [2.45, 2.75) is 32.6 Å². The number of nitrogens with two attached hydrogens (primary N) is 1. The number of thiophene rings is 1. The first-order chi connectivity index (χ1) is 16.5. The fourth-order valence-corrected chi connectivity index (χ4v) is 5.91. The zero-order valence-corrected chi connectivity index (χ0v) is 20.7. The van der Waals surface area contributed by atoms with Crippen molar-refractivity contribution in [2.75, 3.05) is 24.9 Å². The summed E-state index contributed by atoms with van der Waals surface area (Å²) in [5.74, 6) is 0.897. The van der Waals surface area contributed by atoms with Gasteiger partial charge in [-0.2, -0.15) is 11.3 Å². The number of imidazole rings is 1. The smallest absolute Gasteiger partial charge is 0.272 e. The Balaban J connectivity index is 1.33. The van der Waals surface area contributed by atoms with Crippen LogP contribution in [-0.2, 0) is 27.2 Å². The maximum Gasteiger partial charge on any atom is 0.272 e. The number of rotatable bonds is 13. The third kappa shape index (κ3) is 6.64. The van der Waals surface area contributed by atoms with E-state index < -0.39 is 7.37 Å². The van der Waals surface area contributed by atoms with Gasteiger partial charge in [-0.1, -0.05) is 18.2 Å². The molecule has 3 aromatic heterocycles. The van der Waals surface area contributed by atoms with Gasteiger partial charge in [0.15, 0.2) is 11.5 Å². The molecule has 0 saturated carbocycles. The second-order valence-electron chi connectivity index (χ2n) is 7.91. The molecular weight excluding hydrogens is 473 g/mol. The fourth-order valence-electron chi connectivity index (χ4n) is 3.39. The number of aromatic nitrogens is 4.